The Morgan fingerprint density at radius 2 is 1.75 bits per heavy atom. The van der Waals surface area contributed by atoms with E-state index in [4.69, 9.17) is 5.73 Å². The van der Waals surface area contributed by atoms with Crippen LogP contribution < -0.4 is 11.4 Å². The largest absolute Gasteiger partial charge is 0.399 e. The quantitative estimate of drug-likeness (QED) is 0.714. The first-order valence-corrected chi connectivity index (χ1v) is 9.25. The molecule has 3 aromatic rings. The van der Waals surface area contributed by atoms with Gasteiger partial charge >= 0.3 is 5.69 Å². The van der Waals surface area contributed by atoms with Crippen molar-refractivity contribution >= 4 is 26.7 Å². The monoisotopic (exact) mass is 345 g/mol. The van der Waals surface area contributed by atoms with Crippen LogP contribution >= 0.6 is 0 Å². The molecular formula is C17H19N3O3S. The molecule has 3 rings (SSSR count). The average Bonchev–Trinajstić information content (AvgIpc) is 2.79. The molecule has 0 atom stereocenters. The Bertz CT molecular complexity index is 1030. The predicted molar refractivity (Wildman–Crippen MR) is 95.5 cm³/mol. The molecule has 0 saturated carbocycles. The number of hydrogen-bond acceptors (Lipinski definition) is 4. The SMILES string of the molecule is Cn1c(=O)n(S(=O)(=O)CCCc2ccccc2)c2cc(N)ccc21. The number of nitrogens with zero attached hydrogens (tertiary/aromatic N) is 2. The molecule has 0 unspecified atom stereocenters. The number of nitrogen functional groups attached to an aromatic ring is 1. The highest BCUT2D eigenvalue weighted by molar-refractivity contribution is 7.90. The smallest absolute Gasteiger partial charge is 0.342 e. The fourth-order valence-corrected chi connectivity index (χ4v) is 4.29. The zero-order valence-electron chi connectivity index (χ0n) is 13.3. The molecule has 0 aliphatic heterocycles. The first-order valence-electron chi connectivity index (χ1n) is 7.64. The maximum atomic E-state index is 12.7. The number of imidazole rings is 1. The molecule has 2 N–H and O–H groups in total. The molecule has 0 aliphatic carbocycles. The summed E-state index contributed by atoms with van der Waals surface area (Å²) in [5, 5.41) is 0. The van der Waals surface area contributed by atoms with Gasteiger partial charge in [0.1, 0.15) is 0 Å². The molecular weight excluding hydrogens is 326 g/mol. The molecule has 0 saturated heterocycles. The molecule has 0 radical (unpaired) electrons. The molecule has 1 aromatic heterocycles. The average molecular weight is 345 g/mol. The molecule has 7 heteroatoms. The fourth-order valence-electron chi connectivity index (χ4n) is 2.79. The van der Waals surface area contributed by atoms with Crippen LogP contribution in [0.4, 0.5) is 5.69 Å². The molecule has 0 aliphatic rings. The third kappa shape index (κ3) is 2.94. The van der Waals surface area contributed by atoms with E-state index in [0.29, 0.717) is 29.6 Å². The minimum absolute atomic E-state index is 0.101. The van der Waals surface area contributed by atoms with Crippen LogP contribution in [0.5, 0.6) is 0 Å². The zero-order valence-corrected chi connectivity index (χ0v) is 14.2. The van der Waals surface area contributed by atoms with Crippen molar-refractivity contribution in [3.63, 3.8) is 0 Å². The van der Waals surface area contributed by atoms with Gasteiger partial charge in [-0.3, -0.25) is 4.57 Å². The minimum atomic E-state index is -3.76. The molecule has 0 fully saturated rings. The minimum Gasteiger partial charge on any atom is -0.399 e. The highest BCUT2D eigenvalue weighted by Gasteiger charge is 2.22. The van der Waals surface area contributed by atoms with E-state index in [1.165, 1.54) is 10.6 Å². The summed E-state index contributed by atoms with van der Waals surface area (Å²) in [6.07, 6.45) is 1.08. The number of nitrogens with two attached hydrogens (primary N) is 1. The Labute approximate surface area is 140 Å². The van der Waals surface area contributed by atoms with Crippen LogP contribution in [0.25, 0.3) is 11.0 Å². The second-order valence-electron chi connectivity index (χ2n) is 5.76. The van der Waals surface area contributed by atoms with Crippen LogP contribution in [0, 0.1) is 0 Å². The van der Waals surface area contributed by atoms with Gasteiger partial charge in [0.2, 0.25) is 10.0 Å². The van der Waals surface area contributed by atoms with Gasteiger partial charge in [-0.25, -0.2) is 13.2 Å². The third-order valence-electron chi connectivity index (χ3n) is 4.03. The molecule has 0 spiro atoms. The summed E-state index contributed by atoms with van der Waals surface area (Å²) < 4.78 is 27.6. The standard InChI is InChI=1S/C17H19N3O3S/c1-19-15-10-9-14(18)12-16(15)20(17(19)21)24(22,23)11-5-8-13-6-3-2-4-7-13/h2-4,6-7,9-10,12H,5,8,11,18H2,1H3. The van der Waals surface area contributed by atoms with E-state index in [9.17, 15) is 13.2 Å². The number of aromatic nitrogens is 2. The molecule has 1 heterocycles. The lowest BCUT2D eigenvalue weighted by molar-refractivity contribution is 0.583. The van der Waals surface area contributed by atoms with E-state index in [-0.39, 0.29) is 5.75 Å². The molecule has 0 bridgehead atoms. The topological polar surface area (TPSA) is 87.1 Å². The van der Waals surface area contributed by atoms with Gasteiger partial charge in [-0.15, -0.1) is 0 Å². The number of benzene rings is 2. The lowest BCUT2D eigenvalue weighted by atomic mass is 10.1. The van der Waals surface area contributed by atoms with E-state index in [0.717, 1.165) is 9.54 Å². The molecule has 126 valence electrons. The number of aryl methyl sites for hydroxylation is 2. The normalized spacial score (nSPS) is 11.9. The van der Waals surface area contributed by atoms with Crippen LogP contribution in [-0.4, -0.2) is 22.7 Å². The van der Waals surface area contributed by atoms with E-state index < -0.39 is 15.7 Å². The number of hydrogen-bond donors (Lipinski definition) is 1. The van der Waals surface area contributed by atoms with Gasteiger partial charge in [0.15, 0.2) is 0 Å². The van der Waals surface area contributed by atoms with E-state index in [1.54, 1.807) is 19.2 Å². The number of fused-ring (bicyclic) bond motifs is 1. The highest BCUT2D eigenvalue weighted by atomic mass is 32.2. The summed E-state index contributed by atoms with van der Waals surface area (Å²) in [7, 11) is -2.20. The molecule has 0 amide bonds. The first kappa shape index (κ1) is 16.3. The number of anilines is 1. The molecule has 2 aromatic carbocycles. The predicted octanol–water partition coefficient (Wildman–Crippen LogP) is 1.73. The van der Waals surface area contributed by atoms with E-state index in [2.05, 4.69) is 0 Å². The lowest BCUT2D eigenvalue weighted by Gasteiger charge is -2.06. The van der Waals surface area contributed by atoms with Crippen molar-refractivity contribution in [2.24, 2.45) is 7.05 Å². The van der Waals surface area contributed by atoms with E-state index >= 15 is 0 Å². The summed E-state index contributed by atoms with van der Waals surface area (Å²) in [5.41, 5.74) is 7.53. The number of rotatable bonds is 5. The summed E-state index contributed by atoms with van der Waals surface area (Å²) in [6.45, 7) is 0. The maximum Gasteiger partial charge on any atom is 0.342 e. The van der Waals surface area contributed by atoms with Crippen molar-refractivity contribution in [3.8, 4) is 0 Å². The second-order valence-corrected chi connectivity index (χ2v) is 7.70. The van der Waals surface area contributed by atoms with Gasteiger partial charge in [0.25, 0.3) is 0 Å². The van der Waals surface area contributed by atoms with Crippen molar-refractivity contribution in [1.82, 2.24) is 8.54 Å². The Hall–Kier alpha value is -2.54. The fraction of sp³-hybridized carbons (Fsp3) is 0.235. The maximum absolute atomic E-state index is 12.7. The Morgan fingerprint density at radius 3 is 2.46 bits per heavy atom. The van der Waals surface area contributed by atoms with Crippen LogP contribution in [0.2, 0.25) is 0 Å². The summed E-state index contributed by atoms with van der Waals surface area (Å²) in [5.74, 6) is -0.101. The van der Waals surface area contributed by atoms with Gasteiger partial charge in [-0.1, -0.05) is 30.3 Å². The highest BCUT2D eigenvalue weighted by Crippen LogP contribution is 2.18. The Morgan fingerprint density at radius 1 is 1.04 bits per heavy atom. The van der Waals surface area contributed by atoms with Crippen molar-refractivity contribution in [1.29, 1.82) is 0 Å². The zero-order chi connectivity index (χ0) is 17.3. The summed E-state index contributed by atoms with van der Waals surface area (Å²) >= 11 is 0. The molecule has 24 heavy (non-hydrogen) atoms. The lowest BCUT2D eigenvalue weighted by Crippen LogP contribution is -2.30. The Balaban J connectivity index is 1.92. The van der Waals surface area contributed by atoms with Crippen LogP contribution in [0.3, 0.4) is 0 Å². The van der Waals surface area contributed by atoms with Gasteiger partial charge in [-0.2, -0.15) is 3.97 Å². The van der Waals surface area contributed by atoms with E-state index in [1.807, 2.05) is 30.3 Å². The van der Waals surface area contributed by atoms with Crippen LogP contribution in [-0.2, 0) is 23.5 Å². The van der Waals surface area contributed by atoms with Crippen LogP contribution in [0.1, 0.15) is 12.0 Å². The van der Waals surface area contributed by atoms with Crippen molar-refractivity contribution in [2.75, 3.05) is 11.5 Å². The summed E-state index contributed by atoms with van der Waals surface area (Å²) in [6, 6.07) is 14.5. The Kier molecular flexibility index (Phi) is 4.19. The molecule has 6 nitrogen and oxygen atoms in total. The van der Waals surface area contributed by atoms with Crippen molar-refractivity contribution in [3.05, 3.63) is 64.6 Å². The van der Waals surface area contributed by atoms with Crippen molar-refractivity contribution in [2.45, 2.75) is 12.8 Å². The van der Waals surface area contributed by atoms with Crippen LogP contribution in [0.15, 0.2) is 53.3 Å². The second kappa shape index (κ2) is 6.16. The van der Waals surface area contributed by atoms with Gasteiger partial charge in [-0.05, 0) is 36.6 Å². The van der Waals surface area contributed by atoms with Gasteiger partial charge in [0, 0.05) is 12.7 Å². The first-order chi connectivity index (χ1) is 11.4. The van der Waals surface area contributed by atoms with Gasteiger partial charge < -0.3 is 5.73 Å². The summed E-state index contributed by atoms with van der Waals surface area (Å²) in [4.78, 5) is 12.4. The van der Waals surface area contributed by atoms with Crippen molar-refractivity contribution < 1.29 is 8.42 Å². The van der Waals surface area contributed by atoms with Gasteiger partial charge in [0.05, 0.1) is 16.8 Å². The third-order valence-corrected chi connectivity index (χ3v) is 5.74.